The van der Waals surface area contributed by atoms with Gasteiger partial charge < -0.3 is 10.2 Å². The van der Waals surface area contributed by atoms with Crippen LogP contribution in [0.25, 0.3) is 5.82 Å². The van der Waals surface area contributed by atoms with Crippen LogP contribution in [0.5, 0.6) is 0 Å². The second-order valence-electron chi connectivity index (χ2n) is 9.13. The number of benzene rings is 1. The van der Waals surface area contributed by atoms with Crippen LogP contribution in [0.4, 0.5) is 27.7 Å². The minimum absolute atomic E-state index is 0.105. The molecular formula is C23H27FN9O2PS. The molecular weight excluding hydrogens is 516 g/mol. The van der Waals surface area contributed by atoms with Crippen LogP contribution in [0.3, 0.4) is 0 Å². The van der Waals surface area contributed by atoms with Gasteiger partial charge in [-0.05, 0) is 56.0 Å². The van der Waals surface area contributed by atoms with Gasteiger partial charge in [0.2, 0.25) is 5.95 Å². The van der Waals surface area contributed by atoms with E-state index in [1.54, 1.807) is 18.1 Å². The molecule has 5 rings (SSSR count). The summed E-state index contributed by atoms with van der Waals surface area (Å²) < 4.78 is 40.4. The number of rotatable bonds is 9. The number of nitrogens with one attached hydrogen (secondary N) is 2. The Morgan fingerprint density at radius 3 is 2.73 bits per heavy atom. The molecule has 194 valence electrons. The number of nitrogens with zero attached hydrogens (tertiary/aromatic N) is 7. The van der Waals surface area contributed by atoms with Gasteiger partial charge in [-0.15, -0.1) is 9.24 Å². The van der Waals surface area contributed by atoms with E-state index >= 15 is 4.39 Å². The zero-order chi connectivity index (χ0) is 26.3. The second-order valence-corrected chi connectivity index (χ2v) is 11.7. The maximum absolute atomic E-state index is 15.1. The molecule has 3 aromatic heterocycles. The number of anilines is 4. The van der Waals surface area contributed by atoms with E-state index in [1.807, 2.05) is 13.0 Å². The van der Waals surface area contributed by atoms with Gasteiger partial charge in [0.15, 0.2) is 21.5 Å². The third kappa shape index (κ3) is 5.19. The fourth-order valence-corrected chi connectivity index (χ4v) is 5.42. The third-order valence-corrected chi connectivity index (χ3v) is 7.78. The summed E-state index contributed by atoms with van der Waals surface area (Å²) in [6.07, 6.45) is 7.06. The molecule has 0 bridgehead atoms. The molecule has 0 saturated heterocycles. The number of halogens is 1. The van der Waals surface area contributed by atoms with Gasteiger partial charge in [0.25, 0.3) is 0 Å². The van der Waals surface area contributed by atoms with Crippen LogP contribution in [0, 0.1) is 18.7 Å². The Morgan fingerprint density at radius 1 is 1.30 bits per heavy atom. The first-order valence-electron chi connectivity index (χ1n) is 11.6. The topological polar surface area (TPSA) is 135 Å². The van der Waals surface area contributed by atoms with Crippen LogP contribution in [-0.4, -0.2) is 62.8 Å². The van der Waals surface area contributed by atoms with E-state index in [0.29, 0.717) is 23.4 Å². The number of hydrogen-bond acceptors (Lipinski definition) is 9. The first-order chi connectivity index (χ1) is 17.7. The average molecular weight is 544 g/mol. The average Bonchev–Trinajstić information content (AvgIpc) is 3.19. The van der Waals surface area contributed by atoms with Crippen molar-refractivity contribution in [2.45, 2.75) is 30.6 Å². The lowest BCUT2D eigenvalue weighted by atomic mass is 10.1. The largest absolute Gasteiger partial charge is 0.323 e. The number of aromatic nitrogens is 7. The Balaban J connectivity index is 1.64. The van der Waals surface area contributed by atoms with E-state index in [9.17, 15) is 8.42 Å². The molecule has 3 unspecified atom stereocenters. The van der Waals surface area contributed by atoms with Gasteiger partial charge in [-0.1, -0.05) is 0 Å². The summed E-state index contributed by atoms with van der Waals surface area (Å²) in [7, 11) is 0.838. The van der Waals surface area contributed by atoms with E-state index in [2.05, 4.69) is 34.8 Å². The van der Waals surface area contributed by atoms with Crippen LogP contribution < -0.4 is 10.2 Å². The summed E-state index contributed by atoms with van der Waals surface area (Å²) in [6, 6.07) is 5.62. The molecule has 11 nitrogen and oxygen atoms in total. The quantitative estimate of drug-likeness (QED) is 0.304. The minimum atomic E-state index is -3.56. The van der Waals surface area contributed by atoms with Crippen molar-refractivity contribution >= 4 is 42.3 Å². The Kier molecular flexibility index (Phi) is 6.67. The fraction of sp³-hybridized carbons (Fsp3) is 0.348. The molecule has 3 atom stereocenters. The molecule has 4 aromatic rings. The molecule has 1 aromatic carbocycles. The summed E-state index contributed by atoms with van der Waals surface area (Å²) in [5.41, 5.74) is 1.89. The number of aryl methyl sites for hydroxylation is 1. The molecule has 0 radical (unpaired) electrons. The van der Waals surface area contributed by atoms with Crippen molar-refractivity contribution in [3.8, 4) is 5.82 Å². The predicted octanol–water partition coefficient (Wildman–Crippen LogP) is 3.51. The van der Waals surface area contributed by atoms with E-state index < -0.39 is 15.7 Å². The molecule has 14 heteroatoms. The minimum Gasteiger partial charge on any atom is -0.323 e. The zero-order valence-corrected chi connectivity index (χ0v) is 22.5. The van der Waals surface area contributed by atoms with Crippen LogP contribution in [0.2, 0.25) is 0 Å². The maximum Gasteiger partial charge on any atom is 0.233 e. The van der Waals surface area contributed by atoms with Crippen molar-refractivity contribution in [1.82, 2.24) is 34.9 Å². The fourth-order valence-electron chi connectivity index (χ4n) is 4.36. The molecule has 3 heterocycles. The lowest BCUT2D eigenvalue weighted by Crippen LogP contribution is -2.19. The SMILES string of the molecule is Cc1cc(Nc2nc(N(C)c3ccc(S(C)(=O)=O)cc3F)nc(-n3cncn3)c2C2CC2CCP)n[nH]1. The normalized spacial score (nSPS) is 17.1. The molecule has 0 amide bonds. The molecule has 2 N–H and O–H groups in total. The van der Waals surface area contributed by atoms with Crippen LogP contribution >= 0.6 is 9.24 Å². The van der Waals surface area contributed by atoms with E-state index in [-0.39, 0.29) is 22.4 Å². The standard InChI is InChI=1S/C23H27FN9O2PS/c1-13-8-19(31-30-13)27-21-20(16-9-14(16)6-7-36)22(33-12-25-11-26-33)29-23(28-21)32(2)18-5-4-15(10-17(18)24)37(3,34)35/h4-5,8,10-12,14,16H,6-7,9,36H2,1-3H3,(H2,27,28,29,30,31). The lowest BCUT2D eigenvalue weighted by Gasteiger charge is -2.22. The molecule has 1 saturated carbocycles. The number of aromatic amines is 1. The monoisotopic (exact) mass is 543 g/mol. The first kappa shape index (κ1) is 25.2. The second kappa shape index (κ2) is 9.79. The van der Waals surface area contributed by atoms with Gasteiger partial charge in [0, 0.05) is 30.6 Å². The molecule has 1 aliphatic rings. The maximum atomic E-state index is 15.1. The van der Waals surface area contributed by atoms with Crippen LogP contribution in [0.15, 0.2) is 41.8 Å². The Bertz CT molecular complexity index is 1540. The molecule has 1 aliphatic carbocycles. The van der Waals surface area contributed by atoms with Crippen molar-refractivity contribution < 1.29 is 12.8 Å². The van der Waals surface area contributed by atoms with E-state index in [4.69, 9.17) is 9.97 Å². The van der Waals surface area contributed by atoms with E-state index in [0.717, 1.165) is 42.6 Å². The van der Waals surface area contributed by atoms with Crippen molar-refractivity contribution in [1.29, 1.82) is 0 Å². The summed E-state index contributed by atoms with van der Waals surface area (Å²) in [5, 5.41) is 14.8. The lowest BCUT2D eigenvalue weighted by molar-refractivity contribution is 0.596. The van der Waals surface area contributed by atoms with E-state index in [1.165, 1.54) is 23.4 Å². The molecule has 0 spiro atoms. The van der Waals surface area contributed by atoms with Crippen molar-refractivity contribution in [2.75, 3.05) is 29.7 Å². The molecule has 0 aliphatic heterocycles. The van der Waals surface area contributed by atoms with Crippen LogP contribution in [-0.2, 0) is 9.84 Å². The first-order valence-corrected chi connectivity index (χ1v) is 14.4. The zero-order valence-electron chi connectivity index (χ0n) is 20.6. The van der Waals surface area contributed by atoms with Gasteiger partial charge in [0.1, 0.15) is 24.3 Å². The van der Waals surface area contributed by atoms with Gasteiger partial charge in [0.05, 0.1) is 10.6 Å². The third-order valence-electron chi connectivity index (χ3n) is 6.34. The van der Waals surface area contributed by atoms with Gasteiger partial charge in [-0.2, -0.15) is 20.2 Å². The highest BCUT2D eigenvalue weighted by Crippen LogP contribution is 2.53. The number of H-pyrrole nitrogens is 1. The Labute approximate surface area is 216 Å². The number of hydrogen-bond donors (Lipinski definition) is 2. The summed E-state index contributed by atoms with van der Waals surface area (Å²) in [6.45, 7) is 1.90. The number of sulfone groups is 1. The Morgan fingerprint density at radius 2 is 2.11 bits per heavy atom. The van der Waals surface area contributed by atoms with Crippen molar-refractivity contribution in [2.24, 2.45) is 5.92 Å². The van der Waals surface area contributed by atoms with Gasteiger partial charge >= 0.3 is 0 Å². The van der Waals surface area contributed by atoms with Gasteiger partial charge in [-0.3, -0.25) is 5.10 Å². The highest BCUT2D eigenvalue weighted by molar-refractivity contribution is 7.90. The molecule has 1 fully saturated rings. The van der Waals surface area contributed by atoms with Crippen molar-refractivity contribution in [3.05, 3.63) is 54.0 Å². The highest BCUT2D eigenvalue weighted by atomic mass is 32.2. The summed E-state index contributed by atoms with van der Waals surface area (Å²) in [5.74, 6) is 1.84. The van der Waals surface area contributed by atoms with Crippen molar-refractivity contribution in [3.63, 3.8) is 0 Å². The Hall–Kier alpha value is -3.44. The van der Waals surface area contributed by atoms with Gasteiger partial charge in [-0.25, -0.2) is 22.5 Å². The summed E-state index contributed by atoms with van der Waals surface area (Å²) in [4.78, 5) is 15.0. The molecule has 37 heavy (non-hydrogen) atoms. The highest BCUT2D eigenvalue weighted by Gasteiger charge is 2.42. The smallest absolute Gasteiger partial charge is 0.233 e. The summed E-state index contributed by atoms with van der Waals surface area (Å²) >= 11 is 0. The van der Waals surface area contributed by atoms with Crippen LogP contribution in [0.1, 0.15) is 30.0 Å². The predicted molar refractivity (Wildman–Crippen MR) is 141 cm³/mol.